The molecule has 0 radical (unpaired) electrons. The first-order chi connectivity index (χ1) is 9.58. The minimum Gasteiger partial charge on any atom is -0.324 e. The van der Waals surface area contributed by atoms with Crippen LogP contribution in [0.25, 0.3) is 11.0 Å². The van der Waals surface area contributed by atoms with Crippen molar-refractivity contribution in [2.45, 2.75) is 26.3 Å². The average Bonchev–Trinajstić information content (AvgIpc) is 2.75. The molecule has 0 aliphatic rings. The van der Waals surface area contributed by atoms with Gasteiger partial charge in [0.25, 0.3) is 0 Å². The van der Waals surface area contributed by atoms with Crippen LogP contribution in [0.5, 0.6) is 0 Å². The van der Waals surface area contributed by atoms with Crippen LogP contribution >= 0.6 is 23.4 Å². The highest BCUT2D eigenvalue weighted by Gasteiger charge is 2.18. The van der Waals surface area contributed by atoms with Gasteiger partial charge in [0.1, 0.15) is 17.2 Å². The molecular weight excluding hydrogens is 302 g/mol. The molecule has 6 heteroatoms. The van der Waals surface area contributed by atoms with Crippen molar-refractivity contribution in [1.29, 1.82) is 0 Å². The zero-order valence-corrected chi connectivity index (χ0v) is 13.1. The number of rotatable bonds is 6. The third kappa shape index (κ3) is 3.09. The molecule has 2 nitrogen and oxygen atoms in total. The number of aromatic nitrogens is 2. The van der Waals surface area contributed by atoms with E-state index in [0.717, 1.165) is 17.6 Å². The van der Waals surface area contributed by atoms with Crippen molar-refractivity contribution in [3.8, 4) is 0 Å². The van der Waals surface area contributed by atoms with Crippen molar-refractivity contribution in [1.82, 2.24) is 9.55 Å². The maximum atomic E-state index is 13.8. The summed E-state index contributed by atoms with van der Waals surface area (Å²) in [5.74, 6) is 1.79. The Balaban J connectivity index is 2.55. The van der Waals surface area contributed by atoms with Crippen LogP contribution in [-0.2, 0) is 6.42 Å². The number of fused-ring (bicyclic) bond motifs is 1. The van der Waals surface area contributed by atoms with E-state index in [1.807, 2.05) is 11.5 Å². The van der Waals surface area contributed by atoms with Crippen LogP contribution in [0.4, 0.5) is 8.78 Å². The second kappa shape index (κ2) is 6.76. The zero-order valence-electron chi connectivity index (χ0n) is 11.5. The van der Waals surface area contributed by atoms with Gasteiger partial charge in [-0.05, 0) is 18.7 Å². The van der Waals surface area contributed by atoms with Crippen molar-refractivity contribution < 1.29 is 8.78 Å². The maximum absolute atomic E-state index is 13.8. The Kier molecular flexibility index (Phi) is 5.27. The summed E-state index contributed by atoms with van der Waals surface area (Å²) in [6, 6.07) is 2.33. The second-order valence-corrected chi connectivity index (χ2v) is 6.30. The van der Waals surface area contributed by atoms with Crippen LogP contribution in [-0.4, -0.2) is 26.9 Å². The number of thioether (sulfide) groups is 1. The van der Waals surface area contributed by atoms with E-state index in [-0.39, 0.29) is 11.6 Å². The molecule has 0 aliphatic heterocycles. The summed E-state index contributed by atoms with van der Waals surface area (Å²) in [5.41, 5.74) is 0.728. The number of imidazole rings is 1. The molecule has 0 fully saturated rings. The Bertz CT molecular complexity index is 600. The minimum atomic E-state index is -0.620. The fourth-order valence-corrected chi connectivity index (χ4v) is 3.18. The second-order valence-electron chi connectivity index (χ2n) is 4.60. The molecule has 1 heterocycles. The number of benzene rings is 1. The molecule has 0 amide bonds. The summed E-state index contributed by atoms with van der Waals surface area (Å²) in [7, 11) is 0. The lowest BCUT2D eigenvalue weighted by Crippen LogP contribution is -2.12. The third-order valence-corrected chi connectivity index (χ3v) is 4.42. The van der Waals surface area contributed by atoms with Crippen molar-refractivity contribution in [3.63, 3.8) is 0 Å². The third-order valence-electron chi connectivity index (χ3n) is 3.11. The van der Waals surface area contributed by atoms with Gasteiger partial charge < -0.3 is 4.57 Å². The number of halogens is 3. The van der Waals surface area contributed by atoms with Gasteiger partial charge in [-0.2, -0.15) is 11.8 Å². The first kappa shape index (κ1) is 15.6. The standard InChI is InChI=1S/C14H17ClF2N2S/c1-3-20-8-9(2)19-12-7-10(16)6-11(17)14(12)18-13(19)4-5-15/h6-7,9H,3-5,8H2,1-2H3. The quantitative estimate of drug-likeness (QED) is 0.734. The Labute approximate surface area is 126 Å². The Hall–Kier alpha value is -0.810. The van der Waals surface area contributed by atoms with Gasteiger partial charge in [0.2, 0.25) is 0 Å². The molecule has 1 aromatic heterocycles. The molecule has 0 saturated carbocycles. The fourth-order valence-electron chi connectivity index (χ4n) is 2.28. The van der Waals surface area contributed by atoms with Crippen LogP contribution in [0.15, 0.2) is 12.1 Å². The Morgan fingerprint density at radius 3 is 2.80 bits per heavy atom. The molecule has 2 aromatic rings. The lowest BCUT2D eigenvalue weighted by molar-refractivity contribution is 0.583. The van der Waals surface area contributed by atoms with Gasteiger partial charge in [-0.25, -0.2) is 13.8 Å². The lowest BCUT2D eigenvalue weighted by atomic mass is 10.2. The molecule has 20 heavy (non-hydrogen) atoms. The first-order valence-corrected chi connectivity index (χ1v) is 8.27. The van der Waals surface area contributed by atoms with Crippen LogP contribution in [0, 0.1) is 11.6 Å². The molecule has 0 N–H and O–H groups in total. The molecule has 0 bridgehead atoms. The average molecular weight is 319 g/mol. The molecule has 0 spiro atoms. The Morgan fingerprint density at radius 2 is 2.15 bits per heavy atom. The van der Waals surface area contributed by atoms with E-state index in [2.05, 4.69) is 11.9 Å². The summed E-state index contributed by atoms with van der Waals surface area (Å²) in [5, 5.41) is 0. The predicted molar refractivity (Wildman–Crippen MR) is 81.8 cm³/mol. The summed E-state index contributed by atoms with van der Waals surface area (Å²) in [6.07, 6.45) is 0.540. The zero-order chi connectivity index (χ0) is 14.7. The number of aryl methyl sites for hydroxylation is 1. The van der Waals surface area contributed by atoms with Gasteiger partial charge in [-0.15, -0.1) is 11.6 Å². The highest BCUT2D eigenvalue weighted by atomic mass is 35.5. The van der Waals surface area contributed by atoms with Crippen molar-refractivity contribution in [2.24, 2.45) is 0 Å². The molecule has 2 rings (SSSR count). The van der Waals surface area contributed by atoms with E-state index in [9.17, 15) is 8.78 Å². The predicted octanol–water partition coefficient (Wildman–Crippen LogP) is 4.41. The van der Waals surface area contributed by atoms with Crippen LogP contribution in [0.2, 0.25) is 0 Å². The number of hydrogen-bond donors (Lipinski definition) is 0. The fraction of sp³-hybridized carbons (Fsp3) is 0.500. The van der Waals surface area contributed by atoms with Gasteiger partial charge in [-0.3, -0.25) is 0 Å². The molecule has 110 valence electrons. The number of nitrogens with zero attached hydrogens (tertiary/aromatic N) is 2. The highest BCUT2D eigenvalue weighted by Crippen LogP contribution is 2.26. The molecule has 0 aliphatic carbocycles. The Morgan fingerprint density at radius 1 is 1.40 bits per heavy atom. The van der Waals surface area contributed by atoms with Crippen molar-refractivity contribution >= 4 is 34.4 Å². The monoisotopic (exact) mass is 318 g/mol. The van der Waals surface area contributed by atoms with Gasteiger partial charge in [0.15, 0.2) is 5.82 Å². The van der Waals surface area contributed by atoms with Crippen molar-refractivity contribution in [2.75, 3.05) is 17.4 Å². The van der Waals surface area contributed by atoms with E-state index in [0.29, 0.717) is 23.6 Å². The highest BCUT2D eigenvalue weighted by molar-refractivity contribution is 7.99. The lowest BCUT2D eigenvalue weighted by Gasteiger charge is -2.17. The van der Waals surface area contributed by atoms with Crippen LogP contribution in [0.1, 0.15) is 25.7 Å². The van der Waals surface area contributed by atoms with E-state index >= 15 is 0 Å². The van der Waals surface area contributed by atoms with E-state index in [1.165, 1.54) is 6.07 Å². The van der Waals surface area contributed by atoms with Crippen molar-refractivity contribution in [3.05, 3.63) is 29.6 Å². The summed E-state index contributed by atoms with van der Waals surface area (Å²) in [6.45, 7) is 4.12. The van der Waals surface area contributed by atoms with E-state index in [1.54, 1.807) is 11.8 Å². The summed E-state index contributed by atoms with van der Waals surface area (Å²) < 4.78 is 29.2. The smallest absolute Gasteiger partial charge is 0.153 e. The SMILES string of the molecule is CCSCC(C)n1c(CCCl)nc2c(F)cc(F)cc21. The maximum Gasteiger partial charge on any atom is 0.153 e. The van der Waals surface area contributed by atoms with Gasteiger partial charge in [0, 0.05) is 30.2 Å². The van der Waals surface area contributed by atoms with Crippen LogP contribution in [0.3, 0.4) is 0 Å². The summed E-state index contributed by atoms with van der Waals surface area (Å²) in [4.78, 5) is 4.30. The van der Waals surface area contributed by atoms with Gasteiger partial charge >= 0.3 is 0 Å². The minimum absolute atomic E-state index is 0.115. The molecular formula is C14H17ClF2N2S. The normalized spacial score (nSPS) is 13.1. The summed E-state index contributed by atoms with van der Waals surface area (Å²) >= 11 is 7.58. The number of hydrogen-bond acceptors (Lipinski definition) is 2. The first-order valence-electron chi connectivity index (χ1n) is 6.58. The molecule has 1 aromatic carbocycles. The van der Waals surface area contributed by atoms with Gasteiger partial charge in [0.05, 0.1) is 5.52 Å². The van der Waals surface area contributed by atoms with Crippen LogP contribution < -0.4 is 0 Å². The van der Waals surface area contributed by atoms with E-state index < -0.39 is 11.6 Å². The topological polar surface area (TPSA) is 17.8 Å². The largest absolute Gasteiger partial charge is 0.324 e. The van der Waals surface area contributed by atoms with Gasteiger partial charge in [-0.1, -0.05) is 6.92 Å². The molecule has 0 saturated heterocycles. The number of alkyl halides is 1. The molecule has 1 atom stereocenters. The molecule has 1 unspecified atom stereocenters. The van der Waals surface area contributed by atoms with E-state index in [4.69, 9.17) is 11.6 Å².